The molecule has 0 radical (unpaired) electrons. The molecule has 0 aliphatic heterocycles. The predicted octanol–water partition coefficient (Wildman–Crippen LogP) is 4.27. The van der Waals surface area contributed by atoms with Crippen molar-refractivity contribution in [3.8, 4) is 11.8 Å². The molecule has 1 N–H and O–H groups in total. The first kappa shape index (κ1) is 15.5. The highest BCUT2D eigenvalue weighted by Gasteiger charge is 2.13. The predicted molar refractivity (Wildman–Crippen MR) is 82.8 cm³/mol. The molecule has 1 unspecified atom stereocenters. The molecule has 1 aromatic carbocycles. The van der Waals surface area contributed by atoms with Gasteiger partial charge in [0.05, 0.1) is 0 Å². The smallest absolute Gasteiger partial charge is 0.124 e. The van der Waals surface area contributed by atoms with Gasteiger partial charge in [-0.3, -0.25) is 0 Å². The molecule has 3 heteroatoms. The van der Waals surface area contributed by atoms with E-state index < -0.39 is 0 Å². The molecule has 1 nitrogen and oxygen atoms in total. The average Bonchev–Trinajstić information content (AvgIpc) is 2.34. The van der Waals surface area contributed by atoms with E-state index in [0.29, 0.717) is 0 Å². The van der Waals surface area contributed by atoms with Gasteiger partial charge in [0.15, 0.2) is 0 Å². The summed E-state index contributed by atoms with van der Waals surface area (Å²) in [6.45, 7) is 4.97. The van der Waals surface area contributed by atoms with Crippen LogP contribution in [0.3, 0.4) is 0 Å². The van der Waals surface area contributed by atoms with Crippen LogP contribution in [0, 0.1) is 21.2 Å². The molecule has 0 bridgehead atoms. The van der Waals surface area contributed by atoms with E-state index >= 15 is 0 Å². The van der Waals surface area contributed by atoms with Gasteiger partial charge in [0, 0.05) is 16.0 Å². The molecule has 0 aliphatic rings. The number of nitrogens with one attached hydrogen (secondary N) is 1. The highest BCUT2D eigenvalue weighted by molar-refractivity contribution is 14.1. The summed E-state index contributed by atoms with van der Waals surface area (Å²) in [7, 11) is 0. The van der Waals surface area contributed by atoms with Gasteiger partial charge >= 0.3 is 0 Å². The zero-order valence-corrected chi connectivity index (χ0v) is 13.1. The van der Waals surface area contributed by atoms with Crippen LogP contribution in [-0.4, -0.2) is 6.54 Å². The van der Waals surface area contributed by atoms with E-state index in [9.17, 15) is 4.39 Å². The standard InChI is InChI=1S/C15H19FIN/c1-3-5-6-7-15(18-10-4-2)13-9-8-12(16)11-14(13)17/h8-9,11,15,18H,4,6-7,10H2,1-2H3. The molecule has 1 atom stereocenters. The van der Waals surface area contributed by atoms with Gasteiger partial charge in [-0.15, -0.1) is 11.8 Å². The van der Waals surface area contributed by atoms with Crippen molar-refractivity contribution in [1.29, 1.82) is 0 Å². The summed E-state index contributed by atoms with van der Waals surface area (Å²) >= 11 is 2.20. The zero-order valence-electron chi connectivity index (χ0n) is 10.9. The van der Waals surface area contributed by atoms with Crippen LogP contribution in [0.5, 0.6) is 0 Å². The van der Waals surface area contributed by atoms with E-state index in [1.165, 1.54) is 11.6 Å². The SMILES string of the molecule is CC#CCCC(NCCC)c1ccc(F)cc1I. The van der Waals surface area contributed by atoms with Crippen LogP contribution in [-0.2, 0) is 0 Å². The zero-order chi connectivity index (χ0) is 13.4. The normalized spacial score (nSPS) is 11.8. The molecule has 98 valence electrons. The maximum atomic E-state index is 13.1. The van der Waals surface area contributed by atoms with Gasteiger partial charge in [0.2, 0.25) is 0 Å². The van der Waals surface area contributed by atoms with Crippen LogP contribution in [0.25, 0.3) is 0 Å². The third kappa shape index (κ3) is 4.95. The summed E-state index contributed by atoms with van der Waals surface area (Å²) in [4.78, 5) is 0. The molecule has 1 aromatic rings. The molecule has 18 heavy (non-hydrogen) atoms. The topological polar surface area (TPSA) is 12.0 Å². The minimum atomic E-state index is -0.175. The molecule has 0 fully saturated rings. The number of halogens is 2. The molecular formula is C15H19FIN. The number of hydrogen-bond acceptors (Lipinski definition) is 1. The van der Waals surface area contributed by atoms with E-state index in [2.05, 4.69) is 46.7 Å². The van der Waals surface area contributed by atoms with Crippen molar-refractivity contribution in [2.75, 3.05) is 6.54 Å². The van der Waals surface area contributed by atoms with Crippen LogP contribution in [0.1, 0.15) is 44.7 Å². The van der Waals surface area contributed by atoms with Crippen molar-refractivity contribution in [2.24, 2.45) is 0 Å². The minimum absolute atomic E-state index is 0.175. The molecule has 0 aromatic heterocycles. The van der Waals surface area contributed by atoms with Crippen molar-refractivity contribution >= 4 is 22.6 Å². The fourth-order valence-electron chi connectivity index (χ4n) is 1.81. The van der Waals surface area contributed by atoms with Crippen molar-refractivity contribution in [3.63, 3.8) is 0 Å². The van der Waals surface area contributed by atoms with Gasteiger partial charge in [-0.05, 0) is 66.6 Å². The number of benzene rings is 1. The van der Waals surface area contributed by atoms with E-state index in [0.717, 1.165) is 29.4 Å². The van der Waals surface area contributed by atoms with Crippen molar-refractivity contribution < 1.29 is 4.39 Å². The lowest BCUT2D eigenvalue weighted by Crippen LogP contribution is -2.23. The summed E-state index contributed by atoms with van der Waals surface area (Å²) in [6, 6.07) is 5.26. The Morgan fingerprint density at radius 1 is 1.44 bits per heavy atom. The van der Waals surface area contributed by atoms with Crippen molar-refractivity contribution in [2.45, 2.75) is 39.2 Å². The number of rotatable bonds is 6. The van der Waals surface area contributed by atoms with Crippen LogP contribution < -0.4 is 5.32 Å². The van der Waals surface area contributed by atoms with E-state index in [1.807, 2.05) is 13.0 Å². The van der Waals surface area contributed by atoms with E-state index in [4.69, 9.17) is 0 Å². The largest absolute Gasteiger partial charge is 0.310 e. The average molecular weight is 359 g/mol. The Morgan fingerprint density at radius 3 is 2.83 bits per heavy atom. The molecule has 0 heterocycles. The third-order valence-electron chi connectivity index (χ3n) is 2.71. The molecule has 0 aliphatic carbocycles. The van der Waals surface area contributed by atoms with Gasteiger partial charge in [-0.2, -0.15) is 0 Å². The van der Waals surface area contributed by atoms with E-state index in [-0.39, 0.29) is 11.9 Å². The summed E-state index contributed by atoms with van der Waals surface area (Å²) < 4.78 is 14.1. The lowest BCUT2D eigenvalue weighted by atomic mass is 10.0. The van der Waals surface area contributed by atoms with Gasteiger partial charge in [-0.1, -0.05) is 13.0 Å². The van der Waals surface area contributed by atoms with Crippen LogP contribution >= 0.6 is 22.6 Å². The van der Waals surface area contributed by atoms with Gasteiger partial charge in [-0.25, -0.2) is 4.39 Å². The highest BCUT2D eigenvalue weighted by Crippen LogP contribution is 2.24. The fraction of sp³-hybridized carbons (Fsp3) is 0.467. The van der Waals surface area contributed by atoms with Crippen LogP contribution in [0.15, 0.2) is 18.2 Å². The Kier molecular flexibility index (Phi) is 7.29. The second-order valence-electron chi connectivity index (χ2n) is 4.14. The Bertz CT molecular complexity index is 434. The quantitative estimate of drug-likeness (QED) is 0.591. The summed E-state index contributed by atoms with van der Waals surface area (Å²) in [5, 5.41) is 3.51. The molecule has 0 saturated heterocycles. The maximum absolute atomic E-state index is 13.1. The Labute approximate surface area is 123 Å². The second-order valence-corrected chi connectivity index (χ2v) is 5.30. The van der Waals surface area contributed by atoms with Crippen molar-refractivity contribution in [1.82, 2.24) is 5.32 Å². The molecule has 0 spiro atoms. The third-order valence-corrected chi connectivity index (χ3v) is 3.65. The molecule has 0 amide bonds. The fourth-order valence-corrected chi connectivity index (χ4v) is 2.66. The first-order valence-electron chi connectivity index (χ1n) is 6.27. The minimum Gasteiger partial charge on any atom is -0.310 e. The van der Waals surface area contributed by atoms with Crippen LogP contribution in [0.4, 0.5) is 4.39 Å². The number of hydrogen-bond donors (Lipinski definition) is 1. The first-order valence-corrected chi connectivity index (χ1v) is 7.34. The lowest BCUT2D eigenvalue weighted by molar-refractivity contribution is 0.502. The summed E-state index contributed by atoms with van der Waals surface area (Å²) in [6.07, 6.45) is 2.92. The maximum Gasteiger partial charge on any atom is 0.124 e. The first-order chi connectivity index (χ1) is 8.69. The van der Waals surface area contributed by atoms with Gasteiger partial charge in [0.25, 0.3) is 0 Å². The second kappa shape index (κ2) is 8.49. The Hall–Kier alpha value is -0.600. The van der Waals surface area contributed by atoms with Gasteiger partial charge < -0.3 is 5.32 Å². The van der Waals surface area contributed by atoms with Gasteiger partial charge in [0.1, 0.15) is 5.82 Å². The monoisotopic (exact) mass is 359 g/mol. The van der Waals surface area contributed by atoms with Crippen molar-refractivity contribution in [3.05, 3.63) is 33.1 Å². The Balaban J connectivity index is 2.81. The highest BCUT2D eigenvalue weighted by atomic mass is 127. The molecular weight excluding hydrogens is 340 g/mol. The lowest BCUT2D eigenvalue weighted by Gasteiger charge is -2.19. The van der Waals surface area contributed by atoms with Crippen LogP contribution in [0.2, 0.25) is 0 Å². The summed E-state index contributed by atoms with van der Waals surface area (Å²) in [5.41, 5.74) is 1.17. The molecule has 0 saturated carbocycles. The van der Waals surface area contributed by atoms with E-state index in [1.54, 1.807) is 6.07 Å². The Morgan fingerprint density at radius 2 is 2.22 bits per heavy atom. The summed E-state index contributed by atoms with van der Waals surface area (Å²) in [5.74, 6) is 5.83. The molecule has 1 rings (SSSR count).